The summed E-state index contributed by atoms with van der Waals surface area (Å²) in [4.78, 5) is 22.9. The quantitative estimate of drug-likeness (QED) is 0.921. The lowest BCUT2D eigenvalue weighted by atomic mass is 10.1. The molecular weight excluding hydrogens is 276 g/mol. The minimum absolute atomic E-state index is 0.191. The summed E-state index contributed by atoms with van der Waals surface area (Å²) in [5, 5.41) is 2.94. The third-order valence-electron chi connectivity index (χ3n) is 3.67. The van der Waals surface area contributed by atoms with Crippen molar-refractivity contribution in [2.75, 3.05) is 23.3 Å². The van der Waals surface area contributed by atoms with Crippen molar-refractivity contribution in [3.63, 3.8) is 0 Å². The maximum Gasteiger partial charge on any atom is 0.258 e. The van der Waals surface area contributed by atoms with Crippen molar-refractivity contribution in [2.24, 2.45) is 0 Å². The first-order valence-corrected chi connectivity index (χ1v) is 7.51. The van der Waals surface area contributed by atoms with E-state index in [0.717, 1.165) is 29.9 Å². The molecule has 0 fully saturated rings. The molecule has 0 aliphatic heterocycles. The molecule has 0 aliphatic rings. The van der Waals surface area contributed by atoms with E-state index in [9.17, 15) is 4.79 Å². The zero-order chi connectivity index (χ0) is 16.1. The van der Waals surface area contributed by atoms with E-state index in [4.69, 9.17) is 0 Å². The minimum Gasteiger partial charge on any atom is -0.341 e. The Balaban J connectivity index is 2.17. The number of para-hydroxylation sites is 1. The predicted octanol–water partition coefficient (Wildman–Crippen LogP) is 3.19. The highest BCUT2D eigenvalue weighted by Crippen LogP contribution is 2.20. The predicted molar refractivity (Wildman–Crippen MR) is 89.5 cm³/mol. The summed E-state index contributed by atoms with van der Waals surface area (Å²) in [7, 11) is 0. The Hall–Kier alpha value is -2.43. The van der Waals surface area contributed by atoms with Crippen LogP contribution in [0.2, 0.25) is 0 Å². The van der Waals surface area contributed by atoms with E-state index in [-0.39, 0.29) is 5.91 Å². The van der Waals surface area contributed by atoms with Crippen LogP contribution in [0.1, 0.15) is 35.3 Å². The maximum atomic E-state index is 12.3. The van der Waals surface area contributed by atoms with Gasteiger partial charge in [0.25, 0.3) is 5.91 Å². The lowest BCUT2D eigenvalue weighted by Crippen LogP contribution is -2.24. The first kappa shape index (κ1) is 15.9. The van der Waals surface area contributed by atoms with Gasteiger partial charge in [0.15, 0.2) is 0 Å². The van der Waals surface area contributed by atoms with Crippen molar-refractivity contribution in [2.45, 2.75) is 27.7 Å². The fraction of sp³-hybridized carbons (Fsp3) is 0.353. The maximum absolute atomic E-state index is 12.3. The number of rotatable bonds is 5. The number of nitrogens with zero attached hydrogens (tertiary/aromatic N) is 3. The molecule has 1 N–H and O–H groups in total. The molecule has 0 unspecified atom stereocenters. The molecule has 2 aromatic rings. The van der Waals surface area contributed by atoms with E-state index < -0.39 is 0 Å². The highest BCUT2D eigenvalue weighted by molar-refractivity contribution is 6.04. The summed E-state index contributed by atoms with van der Waals surface area (Å²) in [6.07, 6.45) is 3.15. The van der Waals surface area contributed by atoms with Gasteiger partial charge in [0.05, 0.1) is 5.56 Å². The van der Waals surface area contributed by atoms with Gasteiger partial charge in [0.1, 0.15) is 0 Å². The normalized spacial score (nSPS) is 10.4. The zero-order valence-electron chi connectivity index (χ0n) is 13.6. The van der Waals surface area contributed by atoms with Gasteiger partial charge in [-0.25, -0.2) is 9.97 Å². The number of carbonyl (C=O) groups excluding carboxylic acids is 1. The van der Waals surface area contributed by atoms with E-state index in [2.05, 4.69) is 29.1 Å². The first-order valence-electron chi connectivity index (χ1n) is 7.51. The van der Waals surface area contributed by atoms with Crippen LogP contribution in [0.25, 0.3) is 0 Å². The number of carbonyl (C=O) groups is 1. The molecular formula is C17H22N4O. The van der Waals surface area contributed by atoms with Crippen LogP contribution in [0.15, 0.2) is 30.6 Å². The van der Waals surface area contributed by atoms with Gasteiger partial charge in [0, 0.05) is 31.2 Å². The minimum atomic E-state index is -0.191. The molecule has 5 heteroatoms. The second-order valence-electron chi connectivity index (χ2n) is 5.16. The van der Waals surface area contributed by atoms with Crippen LogP contribution in [0.3, 0.4) is 0 Å². The number of amides is 1. The molecule has 0 saturated carbocycles. The third-order valence-corrected chi connectivity index (χ3v) is 3.67. The Labute approximate surface area is 131 Å². The van der Waals surface area contributed by atoms with Gasteiger partial charge in [-0.2, -0.15) is 0 Å². The smallest absolute Gasteiger partial charge is 0.258 e. The van der Waals surface area contributed by atoms with Gasteiger partial charge in [0.2, 0.25) is 5.95 Å². The number of hydrogen-bond donors (Lipinski definition) is 1. The Kier molecular flexibility index (Phi) is 5.09. The average molecular weight is 298 g/mol. The first-order chi connectivity index (χ1) is 10.6. The summed E-state index contributed by atoms with van der Waals surface area (Å²) in [5.74, 6) is 0.456. The van der Waals surface area contributed by atoms with Crippen molar-refractivity contribution in [1.29, 1.82) is 0 Å². The van der Waals surface area contributed by atoms with E-state index in [1.165, 1.54) is 0 Å². The van der Waals surface area contributed by atoms with Gasteiger partial charge in [-0.05, 0) is 38.8 Å². The number of hydrogen-bond acceptors (Lipinski definition) is 4. The Bertz CT molecular complexity index is 628. The second kappa shape index (κ2) is 7.02. The van der Waals surface area contributed by atoms with Crippen molar-refractivity contribution in [3.8, 4) is 0 Å². The van der Waals surface area contributed by atoms with Crippen molar-refractivity contribution >= 4 is 17.5 Å². The number of nitrogens with one attached hydrogen (secondary N) is 1. The molecule has 116 valence electrons. The van der Waals surface area contributed by atoms with Crippen LogP contribution in [0.5, 0.6) is 0 Å². The Morgan fingerprint density at radius 2 is 1.64 bits per heavy atom. The fourth-order valence-corrected chi connectivity index (χ4v) is 2.31. The molecule has 0 radical (unpaired) electrons. The molecule has 22 heavy (non-hydrogen) atoms. The molecule has 1 amide bonds. The van der Waals surface area contributed by atoms with E-state index >= 15 is 0 Å². The molecule has 5 nitrogen and oxygen atoms in total. The van der Waals surface area contributed by atoms with E-state index in [1.54, 1.807) is 12.4 Å². The summed E-state index contributed by atoms with van der Waals surface area (Å²) >= 11 is 0. The summed E-state index contributed by atoms with van der Waals surface area (Å²) in [6.45, 7) is 9.73. The van der Waals surface area contributed by atoms with Crippen molar-refractivity contribution in [3.05, 3.63) is 47.3 Å². The Morgan fingerprint density at radius 3 is 2.14 bits per heavy atom. The number of benzene rings is 1. The molecule has 1 aromatic heterocycles. The van der Waals surface area contributed by atoms with Gasteiger partial charge in [-0.15, -0.1) is 0 Å². The van der Waals surface area contributed by atoms with Crippen LogP contribution in [-0.4, -0.2) is 29.0 Å². The van der Waals surface area contributed by atoms with Crippen molar-refractivity contribution in [1.82, 2.24) is 9.97 Å². The molecule has 0 atom stereocenters. The fourth-order valence-electron chi connectivity index (χ4n) is 2.31. The molecule has 0 aliphatic carbocycles. The van der Waals surface area contributed by atoms with Crippen LogP contribution < -0.4 is 10.2 Å². The number of aromatic nitrogens is 2. The highest BCUT2D eigenvalue weighted by Gasteiger charge is 2.12. The van der Waals surface area contributed by atoms with Crippen molar-refractivity contribution < 1.29 is 4.79 Å². The largest absolute Gasteiger partial charge is 0.341 e. The van der Waals surface area contributed by atoms with Gasteiger partial charge in [-0.3, -0.25) is 4.79 Å². The second-order valence-corrected chi connectivity index (χ2v) is 5.16. The summed E-state index contributed by atoms with van der Waals surface area (Å²) in [5.41, 5.74) is 3.38. The molecule has 0 bridgehead atoms. The van der Waals surface area contributed by atoms with Gasteiger partial charge >= 0.3 is 0 Å². The molecule has 2 rings (SSSR count). The van der Waals surface area contributed by atoms with Crippen LogP contribution in [-0.2, 0) is 0 Å². The zero-order valence-corrected chi connectivity index (χ0v) is 13.6. The molecule has 0 spiro atoms. The standard InChI is InChI=1S/C17H22N4O/c1-5-21(6-2)17-18-10-14(11-19-17)16(22)20-15-12(3)8-7-9-13(15)4/h7-11H,5-6H2,1-4H3,(H,20,22). The molecule has 1 aromatic carbocycles. The van der Waals surface area contributed by atoms with Gasteiger partial charge < -0.3 is 10.2 Å². The van der Waals surface area contributed by atoms with Crippen LogP contribution in [0.4, 0.5) is 11.6 Å². The monoisotopic (exact) mass is 298 g/mol. The molecule has 1 heterocycles. The topological polar surface area (TPSA) is 58.1 Å². The van der Waals surface area contributed by atoms with Crippen LogP contribution in [0, 0.1) is 13.8 Å². The lowest BCUT2D eigenvalue weighted by Gasteiger charge is -2.18. The number of aryl methyl sites for hydroxylation is 2. The van der Waals surface area contributed by atoms with Gasteiger partial charge in [-0.1, -0.05) is 18.2 Å². The molecule has 0 saturated heterocycles. The SMILES string of the molecule is CCN(CC)c1ncc(C(=O)Nc2c(C)cccc2C)cn1. The average Bonchev–Trinajstić information content (AvgIpc) is 2.53. The van der Waals surface area contributed by atoms with E-state index in [1.807, 2.05) is 36.9 Å². The summed E-state index contributed by atoms with van der Waals surface area (Å²) in [6, 6.07) is 5.92. The number of anilines is 2. The third kappa shape index (κ3) is 3.42. The van der Waals surface area contributed by atoms with Crippen LogP contribution >= 0.6 is 0 Å². The highest BCUT2D eigenvalue weighted by atomic mass is 16.1. The lowest BCUT2D eigenvalue weighted by molar-refractivity contribution is 0.102. The summed E-state index contributed by atoms with van der Waals surface area (Å²) < 4.78 is 0. The Morgan fingerprint density at radius 1 is 1.09 bits per heavy atom. The van der Waals surface area contributed by atoms with E-state index in [0.29, 0.717) is 11.5 Å².